The second-order valence-corrected chi connectivity index (χ2v) is 31.1. The lowest BCUT2D eigenvalue weighted by molar-refractivity contribution is -0.161. The summed E-state index contributed by atoms with van der Waals surface area (Å²) in [7, 11) is -9.91. The van der Waals surface area contributed by atoms with Crippen LogP contribution in [0.5, 0.6) is 0 Å². The first kappa shape index (κ1) is 92.1. The molecule has 0 saturated carbocycles. The van der Waals surface area contributed by atoms with Crippen molar-refractivity contribution in [1.82, 2.24) is 0 Å². The van der Waals surface area contributed by atoms with E-state index in [0.717, 1.165) is 108 Å². The van der Waals surface area contributed by atoms with Gasteiger partial charge in [0.05, 0.1) is 26.4 Å². The molecule has 0 aliphatic heterocycles. The van der Waals surface area contributed by atoms with Crippen molar-refractivity contribution in [2.45, 2.75) is 401 Å². The Hall–Kier alpha value is -1.94. The zero-order valence-electron chi connectivity index (χ0n) is 61.4. The molecule has 0 aromatic heterocycles. The fourth-order valence-electron chi connectivity index (χ4n) is 11.4. The second kappa shape index (κ2) is 65.7. The van der Waals surface area contributed by atoms with Crippen LogP contribution < -0.4 is 0 Å². The van der Waals surface area contributed by atoms with E-state index in [-0.39, 0.29) is 25.7 Å². The molecule has 0 spiro atoms. The van der Waals surface area contributed by atoms with E-state index in [4.69, 9.17) is 37.0 Å². The number of aliphatic hydroxyl groups is 1. The number of ether oxygens (including phenoxy) is 4. The quantitative estimate of drug-likeness (QED) is 0.0222. The smallest absolute Gasteiger partial charge is 0.462 e. The van der Waals surface area contributed by atoms with E-state index in [0.29, 0.717) is 25.7 Å². The minimum Gasteiger partial charge on any atom is -0.462 e. The SMILES string of the molecule is CCCCCCCCCCCCCCCCC(=O)OC[C@H](COP(=O)(O)OC[C@@H](O)COP(=O)(O)OC[C@@H](COC(=O)CCCCCCCCCCCCC(C)C)OC(=O)CCCCCCCCCCCCC(C)C)OC(=O)CCCCCCCCCCCCC(C)CC. The predicted octanol–water partition coefficient (Wildman–Crippen LogP) is 21.8. The van der Waals surface area contributed by atoms with Crippen molar-refractivity contribution in [2.24, 2.45) is 17.8 Å². The first-order valence-electron chi connectivity index (χ1n) is 38.9. The molecule has 0 bridgehead atoms. The van der Waals surface area contributed by atoms with Crippen molar-refractivity contribution in [2.75, 3.05) is 39.6 Å². The monoisotopic (exact) mass is 1380 g/mol. The van der Waals surface area contributed by atoms with Crippen molar-refractivity contribution >= 4 is 39.5 Å². The molecule has 3 unspecified atom stereocenters. The molecule has 558 valence electrons. The number of esters is 4. The van der Waals surface area contributed by atoms with Gasteiger partial charge in [-0.3, -0.25) is 37.3 Å². The minimum atomic E-state index is -4.96. The highest BCUT2D eigenvalue weighted by molar-refractivity contribution is 7.47. The molecule has 0 radical (unpaired) electrons. The number of carbonyl (C=O) groups is 4. The summed E-state index contributed by atoms with van der Waals surface area (Å²) in [5, 5.41) is 10.6. The molecule has 0 aliphatic rings. The molecule has 0 fully saturated rings. The Morgan fingerprint density at radius 1 is 0.309 bits per heavy atom. The van der Waals surface area contributed by atoms with Gasteiger partial charge in [-0.25, -0.2) is 9.13 Å². The van der Waals surface area contributed by atoms with Crippen LogP contribution >= 0.6 is 15.6 Å². The molecule has 3 N–H and O–H groups in total. The number of unbranched alkanes of at least 4 members (excludes halogenated alkanes) is 40. The Bertz CT molecular complexity index is 1840. The molecule has 0 amide bonds. The molecule has 94 heavy (non-hydrogen) atoms. The largest absolute Gasteiger partial charge is 0.472 e. The van der Waals surface area contributed by atoms with Gasteiger partial charge in [-0.1, -0.05) is 331 Å². The summed E-state index contributed by atoms with van der Waals surface area (Å²) in [5.41, 5.74) is 0. The minimum absolute atomic E-state index is 0.106. The summed E-state index contributed by atoms with van der Waals surface area (Å²) in [4.78, 5) is 72.8. The maximum atomic E-state index is 13.1. The highest BCUT2D eigenvalue weighted by Gasteiger charge is 2.30. The normalized spacial score (nSPS) is 14.4. The highest BCUT2D eigenvalue weighted by atomic mass is 31.2. The van der Waals surface area contributed by atoms with E-state index in [2.05, 4.69) is 48.5 Å². The molecule has 0 saturated heterocycles. The number of phosphoric ester groups is 2. The second-order valence-electron chi connectivity index (χ2n) is 28.2. The van der Waals surface area contributed by atoms with E-state index < -0.39 is 97.5 Å². The van der Waals surface area contributed by atoms with Gasteiger partial charge in [0.25, 0.3) is 0 Å². The molecular formula is C75H146O17P2. The summed E-state index contributed by atoms with van der Waals surface area (Å²) < 4.78 is 68.5. The van der Waals surface area contributed by atoms with E-state index in [1.807, 2.05) is 0 Å². The van der Waals surface area contributed by atoms with E-state index in [9.17, 15) is 43.2 Å². The van der Waals surface area contributed by atoms with Crippen molar-refractivity contribution < 1.29 is 80.2 Å². The lowest BCUT2D eigenvalue weighted by Crippen LogP contribution is -2.30. The Labute approximate surface area is 575 Å². The Balaban J connectivity index is 5.28. The molecular weight excluding hydrogens is 1230 g/mol. The molecule has 0 aliphatic carbocycles. The third-order valence-corrected chi connectivity index (χ3v) is 19.6. The van der Waals surface area contributed by atoms with Crippen molar-refractivity contribution in [3.05, 3.63) is 0 Å². The fourth-order valence-corrected chi connectivity index (χ4v) is 13.0. The van der Waals surface area contributed by atoms with Crippen LogP contribution in [0, 0.1) is 17.8 Å². The summed E-state index contributed by atoms with van der Waals surface area (Å²) in [6, 6.07) is 0. The van der Waals surface area contributed by atoms with Crippen LogP contribution in [-0.4, -0.2) is 96.7 Å². The zero-order valence-corrected chi connectivity index (χ0v) is 63.2. The first-order valence-corrected chi connectivity index (χ1v) is 41.9. The Kier molecular flexibility index (Phi) is 64.3. The third kappa shape index (κ3) is 67.3. The standard InChI is InChI=1S/C75H146O17P2/c1-8-10-11-12-13-14-15-16-17-18-28-35-42-49-56-72(77)85-62-70(92-75(80)59-52-45-38-31-24-21-27-34-41-48-55-68(7)9-2)64-89-93(81,82)87-60-69(76)61-88-94(83,84)90-65-71(91-74(79)58-51-44-37-30-23-20-26-33-40-47-54-67(5)6)63-86-73(78)57-50-43-36-29-22-19-25-32-39-46-53-66(3)4/h66-71,76H,8-65H2,1-7H3,(H,81,82)(H,83,84)/t68?,69-,70-,71-/m1/s1. The number of hydrogen-bond acceptors (Lipinski definition) is 15. The summed E-state index contributed by atoms with van der Waals surface area (Å²) in [6.45, 7) is 11.9. The van der Waals surface area contributed by atoms with Gasteiger partial charge in [0, 0.05) is 25.7 Å². The van der Waals surface area contributed by atoms with Crippen LogP contribution in [0.3, 0.4) is 0 Å². The van der Waals surface area contributed by atoms with Crippen LogP contribution in [0.25, 0.3) is 0 Å². The Morgan fingerprint density at radius 3 is 0.809 bits per heavy atom. The number of aliphatic hydroxyl groups excluding tert-OH is 1. The summed E-state index contributed by atoms with van der Waals surface area (Å²) in [6.07, 6.45) is 51.1. The van der Waals surface area contributed by atoms with Crippen molar-refractivity contribution in [3.63, 3.8) is 0 Å². The van der Waals surface area contributed by atoms with Crippen LogP contribution in [0.4, 0.5) is 0 Å². The number of hydrogen-bond donors (Lipinski definition) is 3. The van der Waals surface area contributed by atoms with Gasteiger partial charge in [-0.05, 0) is 43.4 Å². The molecule has 6 atom stereocenters. The molecule has 0 heterocycles. The highest BCUT2D eigenvalue weighted by Crippen LogP contribution is 2.45. The summed E-state index contributed by atoms with van der Waals surface area (Å²) >= 11 is 0. The van der Waals surface area contributed by atoms with E-state index >= 15 is 0 Å². The van der Waals surface area contributed by atoms with Gasteiger partial charge in [0.1, 0.15) is 19.3 Å². The number of rotatable bonds is 73. The van der Waals surface area contributed by atoms with Gasteiger partial charge in [-0.2, -0.15) is 0 Å². The lowest BCUT2D eigenvalue weighted by atomic mass is 9.99. The Morgan fingerprint density at radius 2 is 0.543 bits per heavy atom. The van der Waals surface area contributed by atoms with Crippen molar-refractivity contribution in [1.29, 1.82) is 0 Å². The third-order valence-electron chi connectivity index (χ3n) is 17.7. The molecule has 19 heteroatoms. The van der Waals surface area contributed by atoms with Gasteiger partial charge >= 0.3 is 39.5 Å². The van der Waals surface area contributed by atoms with Gasteiger partial charge in [-0.15, -0.1) is 0 Å². The fraction of sp³-hybridized carbons (Fsp3) is 0.947. The average Bonchev–Trinajstić information content (AvgIpc) is 1.49. The van der Waals surface area contributed by atoms with Crippen LogP contribution in [-0.2, 0) is 65.4 Å². The van der Waals surface area contributed by atoms with Gasteiger partial charge in [0.15, 0.2) is 12.2 Å². The summed E-state index contributed by atoms with van der Waals surface area (Å²) in [5.74, 6) is 0.196. The molecule has 0 aromatic carbocycles. The molecule has 17 nitrogen and oxygen atoms in total. The van der Waals surface area contributed by atoms with Crippen molar-refractivity contribution in [3.8, 4) is 0 Å². The van der Waals surface area contributed by atoms with E-state index in [1.54, 1.807) is 0 Å². The predicted molar refractivity (Wildman–Crippen MR) is 381 cm³/mol. The van der Waals surface area contributed by atoms with Gasteiger partial charge < -0.3 is 33.8 Å². The van der Waals surface area contributed by atoms with Crippen LogP contribution in [0.1, 0.15) is 382 Å². The topological polar surface area (TPSA) is 237 Å². The molecule has 0 aromatic rings. The molecule has 0 rings (SSSR count). The lowest BCUT2D eigenvalue weighted by Gasteiger charge is -2.21. The zero-order chi connectivity index (χ0) is 69.4. The van der Waals surface area contributed by atoms with Crippen LogP contribution in [0.15, 0.2) is 0 Å². The first-order chi connectivity index (χ1) is 45.3. The van der Waals surface area contributed by atoms with E-state index in [1.165, 1.54) is 193 Å². The van der Waals surface area contributed by atoms with Gasteiger partial charge in [0.2, 0.25) is 0 Å². The number of carbonyl (C=O) groups excluding carboxylic acids is 4. The maximum Gasteiger partial charge on any atom is 0.472 e. The number of phosphoric acid groups is 2. The average molecular weight is 1380 g/mol. The maximum absolute atomic E-state index is 13.1. The van der Waals surface area contributed by atoms with Crippen LogP contribution in [0.2, 0.25) is 0 Å².